The third kappa shape index (κ3) is 7.86. The van der Waals surface area contributed by atoms with Gasteiger partial charge in [-0.25, -0.2) is 22.4 Å². The van der Waals surface area contributed by atoms with Gasteiger partial charge < -0.3 is 4.57 Å². The maximum absolute atomic E-state index is 13.1. The Hall–Kier alpha value is -4.16. The Morgan fingerprint density at radius 3 is 2.27 bits per heavy atom. The molecular weight excluding hydrogens is 703 g/mol. The van der Waals surface area contributed by atoms with Gasteiger partial charge in [-0.1, -0.05) is 86.4 Å². The molecule has 1 fully saturated rings. The Labute approximate surface area is 296 Å². The first-order chi connectivity index (χ1) is 23.1. The van der Waals surface area contributed by atoms with Crippen molar-refractivity contribution >= 4 is 54.8 Å². The van der Waals surface area contributed by atoms with E-state index in [1.807, 2.05) is 72.7 Å². The molecule has 2 heterocycles. The van der Waals surface area contributed by atoms with Gasteiger partial charge >= 0.3 is 10.2 Å². The SMILES string of the molecule is CC(C)(C)CCS(=O)(=O)c1cccc(-c2ccc(Cc3nc(-c4ccc(Cl)cc4Cl)cn3-c3cccc(N4CC(=O)NS4(=O)=O)c3)cc2)c1. The molecular formula is C36H34Cl2N4O5S2. The number of carbonyl (C=O) groups excluding carboxylic acids is 1. The lowest BCUT2D eigenvalue weighted by Crippen LogP contribution is -2.29. The number of carbonyl (C=O) groups is 1. The minimum atomic E-state index is -4.00. The van der Waals surface area contributed by atoms with Gasteiger partial charge in [-0.2, -0.15) is 8.42 Å². The lowest BCUT2D eigenvalue weighted by Gasteiger charge is -2.18. The van der Waals surface area contributed by atoms with E-state index in [0.29, 0.717) is 56.2 Å². The molecule has 0 unspecified atom stereocenters. The molecule has 0 aliphatic carbocycles. The summed E-state index contributed by atoms with van der Waals surface area (Å²) in [5.41, 5.74) is 4.74. The smallest absolute Gasteiger partial charge is 0.303 e. The van der Waals surface area contributed by atoms with E-state index >= 15 is 0 Å². The molecule has 0 saturated carbocycles. The Kier molecular flexibility index (Phi) is 9.40. The largest absolute Gasteiger partial charge is 0.326 e. The lowest BCUT2D eigenvalue weighted by atomic mass is 9.94. The summed E-state index contributed by atoms with van der Waals surface area (Å²) in [4.78, 5) is 17.1. The first-order valence-corrected chi connectivity index (χ1v) is 19.3. The Morgan fingerprint density at radius 1 is 0.878 bits per heavy atom. The van der Waals surface area contributed by atoms with Gasteiger partial charge in [-0.05, 0) is 77.1 Å². The van der Waals surface area contributed by atoms with Crippen molar-refractivity contribution in [1.29, 1.82) is 0 Å². The molecule has 1 aliphatic rings. The van der Waals surface area contributed by atoms with Gasteiger partial charge in [0.2, 0.25) is 0 Å². The molecule has 9 nitrogen and oxygen atoms in total. The highest BCUT2D eigenvalue weighted by atomic mass is 35.5. The van der Waals surface area contributed by atoms with E-state index in [9.17, 15) is 21.6 Å². The molecule has 49 heavy (non-hydrogen) atoms. The van der Waals surface area contributed by atoms with Gasteiger partial charge in [0.1, 0.15) is 12.4 Å². The third-order valence-corrected chi connectivity index (χ3v) is 11.8. The number of hydrogen-bond acceptors (Lipinski definition) is 6. The fourth-order valence-electron chi connectivity index (χ4n) is 5.49. The number of halogens is 2. The van der Waals surface area contributed by atoms with Crippen LogP contribution < -0.4 is 9.03 Å². The molecule has 13 heteroatoms. The number of amides is 1. The number of benzene rings is 4. The average Bonchev–Trinajstić information content (AvgIpc) is 3.58. The van der Waals surface area contributed by atoms with Gasteiger partial charge in [0.15, 0.2) is 9.84 Å². The zero-order valence-electron chi connectivity index (χ0n) is 27.0. The molecule has 254 valence electrons. The van der Waals surface area contributed by atoms with Crippen LogP contribution in [0.25, 0.3) is 28.1 Å². The van der Waals surface area contributed by atoms with Crippen molar-refractivity contribution in [2.75, 3.05) is 16.6 Å². The summed E-state index contributed by atoms with van der Waals surface area (Å²) >= 11 is 12.7. The number of nitrogens with zero attached hydrogens (tertiary/aromatic N) is 3. The van der Waals surface area contributed by atoms with Crippen molar-refractivity contribution in [1.82, 2.24) is 14.3 Å². The van der Waals surface area contributed by atoms with Crippen LogP contribution in [0, 0.1) is 5.41 Å². The van der Waals surface area contributed by atoms with Gasteiger partial charge in [0, 0.05) is 28.9 Å². The Balaban J connectivity index is 1.33. The van der Waals surface area contributed by atoms with Crippen molar-refractivity contribution in [3.63, 3.8) is 0 Å². The fraction of sp³-hybridized carbons (Fsp3) is 0.222. The molecule has 1 saturated heterocycles. The van der Waals surface area contributed by atoms with E-state index < -0.39 is 26.0 Å². The zero-order valence-corrected chi connectivity index (χ0v) is 30.2. The van der Waals surface area contributed by atoms with E-state index in [0.717, 1.165) is 21.0 Å². The van der Waals surface area contributed by atoms with Crippen LogP contribution in [-0.2, 0) is 31.3 Å². The van der Waals surface area contributed by atoms with Gasteiger partial charge in [-0.3, -0.25) is 4.79 Å². The van der Waals surface area contributed by atoms with Crippen LogP contribution in [0.2, 0.25) is 10.0 Å². The normalized spacial score (nSPS) is 14.6. The molecule has 1 aliphatic heterocycles. The highest BCUT2D eigenvalue weighted by Crippen LogP contribution is 2.33. The van der Waals surface area contributed by atoms with E-state index in [4.69, 9.17) is 28.2 Å². The van der Waals surface area contributed by atoms with Crippen LogP contribution in [0.15, 0.2) is 102 Å². The molecule has 0 radical (unpaired) electrons. The molecule has 6 rings (SSSR count). The van der Waals surface area contributed by atoms with Gasteiger partial charge in [0.05, 0.1) is 27.1 Å². The van der Waals surface area contributed by atoms with Crippen LogP contribution >= 0.6 is 23.2 Å². The highest BCUT2D eigenvalue weighted by Gasteiger charge is 2.34. The van der Waals surface area contributed by atoms with E-state index in [-0.39, 0.29) is 17.7 Å². The molecule has 0 atom stereocenters. The zero-order chi connectivity index (χ0) is 35.1. The molecule has 0 bridgehead atoms. The number of aromatic nitrogens is 2. The summed E-state index contributed by atoms with van der Waals surface area (Å²) < 4.78 is 56.2. The highest BCUT2D eigenvalue weighted by molar-refractivity contribution is 7.92. The molecule has 5 aromatic rings. The van der Waals surface area contributed by atoms with Crippen molar-refractivity contribution in [3.05, 3.63) is 119 Å². The van der Waals surface area contributed by atoms with Crippen molar-refractivity contribution in [2.24, 2.45) is 5.41 Å². The second-order valence-electron chi connectivity index (χ2n) is 13.1. The quantitative estimate of drug-likeness (QED) is 0.168. The number of nitrogens with one attached hydrogen (secondary N) is 1. The predicted molar refractivity (Wildman–Crippen MR) is 194 cm³/mol. The van der Waals surface area contributed by atoms with Gasteiger partial charge in [-0.15, -0.1) is 0 Å². The van der Waals surface area contributed by atoms with E-state index in [1.165, 1.54) is 0 Å². The van der Waals surface area contributed by atoms with Crippen molar-refractivity contribution < 1.29 is 21.6 Å². The molecule has 0 spiro atoms. The first kappa shape index (κ1) is 34.7. The summed E-state index contributed by atoms with van der Waals surface area (Å²) in [6, 6.07) is 26.9. The molecule has 4 aromatic carbocycles. The second kappa shape index (κ2) is 13.3. The van der Waals surface area contributed by atoms with Crippen molar-refractivity contribution in [2.45, 2.75) is 38.5 Å². The maximum Gasteiger partial charge on any atom is 0.326 e. The minimum absolute atomic E-state index is 0.0839. The van der Waals surface area contributed by atoms with Crippen LogP contribution in [-0.4, -0.2) is 44.6 Å². The summed E-state index contributed by atoms with van der Waals surface area (Å²) in [6.45, 7) is 5.77. The monoisotopic (exact) mass is 736 g/mol. The van der Waals surface area contributed by atoms with E-state index in [1.54, 1.807) is 54.6 Å². The minimum Gasteiger partial charge on any atom is -0.303 e. The molecule has 1 aromatic heterocycles. The third-order valence-electron chi connectivity index (χ3n) is 8.17. The number of imidazole rings is 1. The number of hydrogen-bond donors (Lipinski definition) is 1. The predicted octanol–water partition coefficient (Wildman–Crippen LogP) is 7.49. The summed E-state index contributed by atoms with van der Waals surface area (Å²) in [5.74, 6) is 0.127. The summed E-state index contributed by atoms with van der Waals surface area (Å²) in [5, 5.41) is 0.918. The van der Waals surface area contributed by atoms with Crippen molar-refractivity contribution in [3.8, 4) is 28.1 Å². The summed E-state index contributed by atoms with van der Waals surface area (Å²) in [7, 11) is -7.43. The molecule has 1 amide bonds. The van der Waals surface area contributed by atoms with Crippen LogP contribution in [0.5, 0.6) is 0 Å². The Bertz CT molecular complexity index is 2280. The molecule has 1 N–H and O–H groups in total. The summed E-state index contributed by atoms with van der Waals surface area (Å²) in [6.07, 6.45) is 2.79. The topological polar surface area (TPSA) is 118 Å². The number of anilines is 1. The van der Waals surface area contributed by atoms with Gasteiger partial charge in [0.25, 0.3) is 5.91 Å². The average molecular weight is 738 g/mol. The van der Waals surface area contributed by atoms with E-state index in [2.05, 4.69) is 0 Å². The second-order valence-corrected chi connectivity index (χ2v) is 17.7. The van der Waals surface area contributed by atoms with Crippen LogP contribution in [0.3, 0.4) is 0 Å². The fourth-order valence-corrected chi connectivity index (χ4v) is 8.85. The number of sulfone groups is 1. The first-order valence-electron chi connectivity index (χ1n) is 15.5. The standard InChI is InChI=1S/C36H34Cl2N4O5S2/c1-36(2,3)16-17-48(44,45)30-9-4-6-26(19-30)25-12-10-24(11-13-25)18-34-39-33(31-15-14-27(37)20-32(31)38)22-41(34)28-7-5-8-29(21-28)42-23-35(43)40-49(42,46)47/h4-15,19-22H,16-18,23H2,1-3H3,(H,40,43). The Morgan fingerprint density at radius 2 is 1.59 bits per heavy atom. The van der Waals surface area contributed by atoms with Crippen LogP contribution in [0.1, 0.15) is 38.6 Å². The number of rotatable bonds is 9. The lowest BCUT2D eigenvalue weighted by molar-refractivity contribution is -0.117. The van der Waals surface area contributed by atoms with Crippen LogP contribution in [0.4, 0.5) is 5.69 Å². The maximum atomic E-state index is 13.1.